The van der Waals surface area contributed by atoms with Gasteiger partial charge >= 0.3 is 12.3 Å². The van der Waals surface area contributed by atoms with Gasteiger partial charge in [0, 0.05) is 17.8 Å². The molecule has 0 aliphatic carbocycles. The first-order valence-corrected chi connectivity index (χ1v) is 10.1. The van der Waals surface area contributed by atoms with Crippen LogP contribution in [0.1, 0.15) is 42.5 Å². The number of alkyl halides is 3. The van der Waals surface area contributed by atoms with E-state index in [0.29, 0.717) is 24.6 Å². The van der Waals surface area contributed by atoms with Gasteiger partial charge in [-0.3, -0.25) is 4.79 Å². The van der Waals surface area contributed by atoms with Crippen LogP contribution in [-0.4, -0.2) is 34.0 Å². The number of hydrogen-bond donors (Lipinski definition) is 1. The minimum Gasteiger partial charge on any atom is -0.444 e. The standard InChI is InChI=1S/C20H22F3N3O3S/c1-19(2,3)29-18(28)26-8-7-14-15(11-26)30-17(24-14)25-16(27)10-12-5-4-6-13(9-12)20(21,22)23/h4-6,9H,7-8,10-11H2,1-3H3,(H,24,25,27). The Morgan fingerprint density at radius 3 is 2.67 bits per heavy atom. The zero-order valence-electron chi connectivity index (χ0n) is 16.8. The second kappa shape index (κ2) is 8.25. The molecule has 1 N–H and O–H groups in total. The largest absolute Gasteiger partial charge is 0.444 e. The Morgan fingerprint density at radius 1 is 1.27 bits per heavy atom. The minimum atomic E-state index is -4.46. The molecule has 10 heteroatoms. The first-order chi connectivity index (χ1) is 13.9. The van der Waals surface area contributed by atoms with Crippen molar-refractivity contribution in [3.63, 3.8) is 0 Å². The summed E-state index contributed by atoms with van der Waals surface area (Å²) >= 11 is 1.25. The molecule has 0 radical (unpaired) electrons. The fourth-order valence-electron chi connectivity index (χ4n) is 2.94. The number of benzene rings is 1. The van der Waals surface area contributed by atoms with Gasteiger partial charge in [-0.25, -0.2) is 9.78 Å². The summed E-state index contributed by atoms with van der Waals surface area (Å²) < 4.78 is 43.8. The van der Waals surface area contributed by atoms with Crippen molar-refractivity contribution in [1.82, 2.24) is 9.88 Å². The molecule has 2 aromatic rings. The van der Waals surface area contributed by atoms with Gasteiger partial charge in [0.05, 0.1) is 24.2 Å². The lowest BCUT2D eigenvalue weighted by atomic mass is 10.1. The second-order valence-corrected chi connectivity index (χ2v) is 9.05. The molecular weight excluding hydrogens is 419 g/mol. The molecule has 2 heterocycles. The Morgan fingerprint density at radius 2 is 2.00 bits per heavy atom. The molecule has 6 nitrogen and oxygen atoms in total. The number of nitrogens with one attached hydrogen (secondary N) is 1. The normalized spacial score (nSPS) is 14.3. The summed E-state index contributed by atoms with van der Waals surface area (Å²) in [6, 6.07) is 4.68. The van der Waals surface area contributed by atoms with Crippen LogP contribution in [0.3, 0.4) is 0 Å². The van der Waals surface area contributed by atoms with Gasteiger partial charge in [-0.1, -0.05) is 29.5 Å². The van der Waals surface area contributed by atoms with E-state index in [2.05, 4.69) is 10.3 Å². The number of halogens is 3. The molecule has 1 aromatic heterocycles. The Balaban J connectivity index is 1.62. The number of thiazole rings is 1. The highest BCUT2D eigenvalue weighted by Crippen LogP contribution is 2.31. The minimum absolute atomic E-state index is 0.196. The predicted molar refractivity (Wildman–Crippen MR) is 106 cm³/mol. The molecule has 2 amide bonds. The first kappa shape index (κ1) is 22.1. The summed E-state index contributed by atoms with van der Waals surface area (Å²) in [6.45, 7) is 6.19. The van der Waals surface area contributed by atoms with Crippen LogP contribution < -0.4 is 5.32 Å². The predicted octanol–water partition coefficient (Wildman–Crippen LogP) is 4.64. The van der Waals surface area contributed by atoms with E-state index in [9.17, 15) is 22.8 Å². The Bertz CT molecular complexity index is 951. The maximum absolute atomic E-state index is 12.8. The maximum atomic E-state index is 12.8. The molecule has 1 aliphatic heterocycles. The third kappa shape index (κ3) is 5.71. The van der Waals surface area contributed by atoms with E-state index in [1.807, 2.05) is 0 Å². The molecule has 3 rings (SSSR count). The smallest absolute Gasteiger partial charge is 0.416 e. The average Bonchev–Trinajstić information content (AvgIpc) is 3.00. The van der Waals surface area contributed by atoms with E-state index in [4.69, 9.17) is 4.74 Å². The lowest BCUT2D eigenvalue weighted by Crippen LogP contribution is -2.39. The average molecular weight is 441 g/mol. The van der Waals surface area contributed by atoms with Crippen molar-refractivity contribution in [2.45, 2.75) is 51.9 Å². The maximum Gasteiger partial charge on any atom is 0.416 e. The van der Waals surface area contributed by atoms with Gasteiger partial charge in [0.25, 0.3) is 0 Å². The van der Waals surface area contributed by atoms with Gasteiger partial charge in [0.15, 0.2) is 5.13 Å². The molecule has 0 saturated carbocycles. The summed E-state index contributed by atoms with van der Waals surface area (Å²) in [5, 5.41) is 3.00. The number of hydrogen-bond acceptors (Lipinski definition) is 5. The van der Waals surface area contributed by atoms with Crippen LogP contribution in [0.15, 0.2) is 24.3 Å². The molecule has 0 unspecified atom stereocenters. The third-order valence-electron chi connectivity index (χ3n) is 4.25. The fourth-order valence-corrected chi connectivity index (χ4v) is 3.98. The number of rotatable bonds is 3. The topological polar surface area (TPSA) is 71.5 Å². The van der Waals surface area contributed by atoms with E-state index in [1.54, 1.807) is 25.7 Å². The lowest BCUT2D eigenvalue weighted by molar-refractivity contribution is -0.137. The number of carbonyl (C=O) groups excluding carboxylic acids is 2. The van der Waals surface area contributed by atoms with Crippen molar-refractivity contribution >= 4 is 28.5 Å². The third-order valence-corrected chi connectivity index (χ3v) is 5.25. The van der Waals surface area contributed by atoms with Gasteiger partial charge in [-0.15, -0.1) is 0 Å². The molecule has 162 valence electrons. The summed E-state index contributed by atoms with van der Waals surface area (Å²) in [4.78, 5) is 31.3. The fraction of sp³-hybridized carbons (Fsp3) is 0.450. The van der Waals surface area contributed by atoms with Crippen molar-refractivity contribution in [3.05, 3.63) is 46.0 Å². The van der Waals surface area contributed by atoms with Gasteiger partial charge < -0.3 is 15.0 Å². The zero-order chi connectivity index (χ0) is 22.1. The van der Waals surface area contributed by atoms with Crippen LogP contribution in [0.5, 0.6) is 0 Å². The van der Waals surface area contributed by atoms with Crippen molar-refractivity contribution in [1.29, 1.82) is 0 Å². The van der Waals surface area contributed by atoms with Gasteiger partial charge in [-0.2, -0.15) is 13.2 Å². The van der Waals surface area contributed by atoms with E-state index in [-0.39, 0.29) is 12.0 Å². The highest BCUT2D eigenvalue weighted by molar-refractivity contribution is 7.15. The molecule has 0 spiro atoms. The molecule has 0 saturated heterocycles. The Labute approximate surface area is 176 Å². The first-order valence-electron chi connectivity index (χ1n) is 9.33. The molecule has 0 fully saturated rings. The van der Waals surface area contributed by atoms with Crippen molar-refractivity contribution < 1.29 is 27.5 Å². The van der Waals surface area contributed by atoms with Gasteiger partial charge in [-0.05, 0) is 32.4 Å². The van der Waals surface area contributed by atoms with E-state index >= 15 is 0 Å². The van der Waals surface area contributed by atoms with E-state index in [0.717, 1.165) is 22.7 Å². The van der Waals surface area contributed by atoms with Crippen LogP contribution in [0.2, 0.25) is 0 Å². The van der Waals surface area contributed by atoms with Crippen molar-refractivity contribution in [2.24, 2.45) is 0 Å². The number of anilines is 1. The lowest BCUT2D eigenvalue weighted by Gasteiger charge is -2.29. The number of fused-ring (bicyclic) bond motifs is 1. The van der Waals surface area contributed by atoms with Gasteiger partial charge in [0.2, 0.25) is 5.91 Å². The van der Waals surface area contributed by atoms with E-state index < -0.39 is 29.3 Å². The highest BCUT2D eigenvalue weighted by Gasteiger charge is 2.31. The van der Waals surface area contributed by atoms with Crippen LogP contribution in [-0.2, 0) is 35.1 Å². The van der Waals surface area contributed by atoms with Crippen molar-refractivity contribution in [3.8, 4) is 0 Å². The highest BCUT2D eigenvalue weighted by atomic mass is 32.1. The second-order valence-electron chi connectivity index (χ2n) is 7.96. The zero-order valence-corrected chi connectivity index (χ0v) is 17.6. The summed E-state index contributed by atoms with van der Waals surface area (Å²) in [5.41, 5.74) is -0.318. The Kier molecular flexibility index (Phi) is 6.07. The molecule has 1 aliphatic rings. The van der Waals surface area contributed by atoms with Crippen LogP contribution in [0.25, 0.3) is 0 Å². The van der Waals surface area contributed by atoms with E-state index in [1.165, 1.54) is 23.5 Å². The SMILES string of the molecule is CC(C)(C)OC(=O)N1CCc2nc(NC(=O)Cc3cccc(C(F)(F)F)c3)sc2C1. The van der Waals surface area contributed by atoms with Crippen molar-refractivity contribution in [2.75, 3.05) is 11.9 Å². The number of aromatic nitrogens is 1. The summed E-state index contributed by atoms with van der Waals surface area (Å²) in [7, 11) is 0. The number of amides is 2. The molecular formula is C20H22F3N3O3S. The molecule has 30 heavy (non-hydrogen) atoms. The van der Waals surface area contributed by atoms with Crippen LogP contribution in [0.4, 0.5) is 23.1 Å². The quantitative estimate of drug-likeness (QED) is 0.754. The number of carbonyl (C=O) groups is 2. The summed E-state index contributed by atoms with van der Waals surface area (Å²) in [5.74, 6) is -0.454. The molecule has 1 aromatic carbocycles. The monoisotopic (exact) mass is 441 g/mol. The molecule has 0 bridgehead atoms. The van der Waals surface area contributed by atoms with Crippen LogP contribution >= 0.6 is 11.3 Å². The van der Waals surface area contributed by atoms with Crippen LogP contribution in [0, 0.1) is 0 Å². The molecule has 0 atom stereocenters. The number of nitrogens with zero attached hydrogens (tertiary/aromatic N) is 2. The number of ether oxygens (including phenoxy) is 1. The summed E-state index contributed by atoms with van der Waals surface area (Å²) in [6.07, 6.45) is -4.52. The van der Waals surface area contributed by atoms with Gasteiger partial charge in [0.1, 0.15) is 5.60 Å². The Hall–Kier alpha value is -2.62.